The number of carbonyl (C=O) groups excluding carboxylic acids is 1. The third-order valence-electron chi connectivity index (χ3n) is 7.04. The van der Waals surface area contributed by atoms with Gasteiger partial charge in [-0.3, -0.25) is 9.69 Å². The lowest BCUT2D eigenvalue weighted by Gasteiger charge is -2.26. The lowest BCUT2D eigenvalue weighted by molar-refractivity contribution is 0.0355. The number of fused-ring (bicyclic) bond motifs is 1. The average Bonchev–Trinajstić information content (AvgIpc) is 3.28. The van der Waals surface area contributed by atoms with Crippen molar-refractivity contribution in [2.45, 2.75) is 24.9 Å². The third-order valence-corrected chi connectivity index (χ3v) is 7.04. The summed E-state index contributed by atoms with van der Waals surface area (Å²) in [6.45, 7) is 2.15. The van der Waals surface area contributed by atoms with Crippen molar-refractivity contribution in [1.29, 1.82) is 0 Å². The zero-order valence-electron chi connectivity index (χ0n) is 18.1. The molecule has 1 aliphatic heterocycles. The van der Waals surface area contributed by atoms with Crippen LogP contribution < -0.4 is 0 Å². The maximum absolute atomic E-state index is 13.5. The molecule has 0 unspecified atom stereocenters. The van der Waals surface area contributed by atoms with E-state index in [0.717, 1.165) is 37.1 Å². The van der Waals surface area contributed by atoms with Gasteiger partial charge in [-0.1, -0.05) is 66.7 Å². The molecule has 2 fully saturated rings. The van der Waals surface area contributed by atoms with Crippen molar-refractivity contribution in [3.63, 3.8) is 0 Å². The number of ketones is 1. The van der Waals surface area contributed by atoms with Gasteiger partial charge >= 0.3 is 0 Å². The number of Topliss-reactive ketones (excluding diaryl/α,β-unsaturated/α-hetero) is 1. The molecule has 2 aliphatic rings. The van der Waals surface area contributed by atoms with Crippen LogP contribution in [0.5, 0.6) is 0 Å². The number of benzene rings is 3. The van der Waals surface area contributed by atoms with Gasteiger partial charge < -0.3 is 5.11 Å². The van der Waals surface area contributed by atoms with E-state index in [-0.39, 0.29) is 11.6 Å². The summed E-state index contributed by atoms with van der Waals surface area (Å²) in [7, 11) is 0. The second kappa shape index (κ2) is 8.61. The van der Waals surface area contributed by atoms with E-state index in [1.54, 1.807) is 6.07 Å². The molecule has 1 N–H and O–H groups in total. The summed E-state index contributed by atoms with van der Waals surface area (Å²) in [5.41, 5.74) is 2.94. The van der Waals surface area contributed by atoms with Crippen molar-refractivity contribution in [1.82, 2.24) is 4.90 Å². The maximum atomic E-state index is 13.5. The number of rotatable bonds is 6. The highest BCUT2D eigenvalue weighted by atomic mass is 19.1. The number of carbonyl (C=O) groups is 1. The van der Waals surface area contributed by atoms with E-state index >= 15 is 0 Å². The maximum Gasteiger partial charge on any atom is 0.176 e. The van der Waals surface area contributed by atoms with Crippen LogP contribution in [0.15, 0.2) is 78.9 Å². The molecule has 0 bridgehead atoms. The highest BCUT2D eigenvalue weighted by Gasteiger charge is 2.48. The molecule has 1 saturated heterocycles. The summed E-state index contributed by atoms with van der Waals surface area (Å²) in [6.07, 6.45) is 2.32. The lowest BCUT2D eigenvalue weighted by Crippen LogP contribution is -2.34. The SMILES string of the molecule is O=C(CN1C[C@@H]2C[C@@](O)(Cc3ccccc3)C[C@@H]2C1)c1ccc(-c2cccc(F)c2)cc1. The largest absolute Gasteiger partial charge is 0.390 e. The molecule has 5 rings (SSSR count). The van der Waals surface area contributed by atoms with Gasteiger partial charge in [-0.25, -0.2) is 4.39 Å². The van der Waals surface area contributed by atoms with Crippen LogP contribution in [0.2, 0.25) is 0 Å². The van der Waals surface area contributed by atoms with Gasteiger partial charge in [0.15, 0.2) is 5.78 Å². The quantitative estimate of drug-likeness (QED) is 0.561. The Kier molecular flexibility index (Phi) is 5.66. The molecule has 3 aromatic carbocycles. The van der Waals surface area contributed by atoms with Crippen molar-refractivity contribution in [2.24, 2.45) is 11.8 Å². The van der Waals surface area contributed by atoms with E-state index in [9.17, 15) is 14.3 Å². The third kappa shape index (κ3) is 4.52. The van der Waals surface area contributed by atoms with Crippen molar-refractivity contribution in [3.05, 3.63) is 95.8 Å². The summed E-state index contributed by atoms with van der Waals surface area (Å²) < 4.78 is 13.5. The predicted octanol–water partition coefficient (Wildman–Crippen LogP) is 4.99. The first kappa shape index (κ1) is 21.0. The average molecular weight is 430 g/mol. The molecule has 3 atom stereocenters. The van der Waals surface area contributed by atoms with Crippen LogP contribution in [0.25, 0.3) is 11.1 Å². The van der Waals surface area contributed by atoms with E-state index in [1.165, 1.54) is 17.7 Å². The first-order chi connectivity index (χ1) is 15.5. The van der Waals surface area contributed by atoms with Crippen LogP contribution in [0.1, 0.15) is 28.8 Å². The minimum atomic E-state index is -0.625. The predicted molar refractivity (Wildman–Crippen MR) is 124 cm³/mol. The van der Waals surface area contributed by atoms with Gasteiger partial charge in [0.2, 0.25) is 0 Å². The van der Waals surface area contributed by atoms with Crippen LogP contribution >= 0.6 is 0 Å². The Hall–Kier alpha value is -2.82. The second-order valence-corrected chi connectivity index (χ2v) is 9.52. The Labute approximate surface area is 188 Å². The molecule has 1 aliphatic carbocycles. The highest BCUT2D eigenvalue weighted by Crippen LogP contribution is 2.45. The second-order valence-electron chi connectivity index (χ2n) is 9.52. The minimum absolute atomic E-state index is 0.107. The zero-order chi connectivity index (χ0) is 22.1. The van der Waals surface area contributed by atoms with Crippen LogP contribution in [-0.4, -0.2) is 41.0 Å². The molecule has 4 heteroatoms. The standard InChI is InChI=1S/C28H28FNO2/c29-26-8-4-7-23(13-26)21-9-11-22(12-10-21)27(31)19-30-17-24-15-28(32,16-25(24)18-30)14-20-5-2-1-3-6-20/h1-13,24-25,32H,14-19H2/t24-,25+,28-. The monoisotopic (exact) mass is 429 g/mol. The van der Waals surface area contributed by atoms with Gasteiger partial charge in [0, 0.05) is 25.1 Å². The number of nitrogens with zero attached hydrogens (tertiary/aromatic N) is 1. The van der Waals surface area contributed by atoms with E-state index in [1.807, 2.05) is 48.5 Å². The molecule has 0 aromatic heterocycles. The van der Waals surface area contributed by atoms with Crippen molar-refractivity contribution < 1.29 is 14.3 Å². The highest BCUT2D eigenvalue weighted by molar-refractivity contribution is 5.98. The molecule has 0 amide bonds. The fraction of sp³-hybridized carbons (Fsp3) is 0.321. The number of hydrogen-bond donors (Lipinski definition) is 1. The molecule has 3 nitrogen and oxygen atoms in total. The Morgan fingerprint density at radius 2 is 1.59 bits per heavy atom. The Bertz CT molecular complexity index is 1080. The number of hydrogen-bond acceptors (Lipinski definition) is 3. The summed E-state index contributed by atoms with van der Waals surface area (Å²) in [6, 6.07) is 24.1. The van der Waals surface area contributed by atoms with Crippen molar-refractivity contribution in [2.75, 3.05) is 19.6 Å². The van der Waals surface area contributed by atoms with E-state index in [4.69, 9.17) is 0 Å². The topological polar surface area (TPSA) is 40.5 Å². The van der Waals surface area contributed by atoms with Gasteiger partial charge in [0.1, 0.15) is 5.82 Å². The number of halogens is 1. The van der Waals surface area contributed by atoms with Crippen LogP contribution in [-0.2, 0) is 6.42 Å². The fourth-order valence-corrected chi connectivity index (χ4v) is 5.62. The molecule has 0 radical (unpaired) electrons. The van der Waals surface area contributed by atoms with E-state index in [2.05, 4.69) is 17.0 Å². The lowest BCUT2D eigenvalue weighted by atomic mass is 9.91. The molecule has 164 valence electrons. The summed E-state index contributed by atoms with van der Waals surface area (Å²) in [5.74, 6) is 0.743. The Morgan fingerprint density at radius 1 is 0.906 bits per heavy atom. The molecule has 3 aromatic rings. The van der Waals surface area contributed by atoms with E-state index in [0.29, 0.717) is 30.4 Å². The number of likely N-dealkylation sites (tertiary alicyclic amines) is 1. The normalized spacial score (nSPS) is 25.1. The van der Waals surface area contributed by atoms with Crippen LogP contribution in [0.4, 0.5) is 4.39 Å². The molecule has 0 spiro atoms. The van der Waals surface area contributed by atoms with Gasteiger partial charge in [-0.2, -0.15) is 0 Å². The summed E-state index contributed by atoms with van der Waals surface area (Å²) >= 11 is 0. The first-order valence-corrected chi connectivity index (χ1v) is 11.4. The van der Waals surface area contributed by atoms with Crippen LogP contribution in [0, 0.1) is 17.7 Å². The van der Waals surface area contributed by atoms with Gasteiger partial charge in [0.05, 0.1) is 12.1 Å². The Balaban J connectivity index is 1.17. The van der Waals surface area contributed by atoms with Gasteiger partial charge in [-0.15, -0.1) is 0 Å². The molecular weight excluding hydrogens is 401 g/mol. The summed E-state index contributed by atoms with van der Waals surface area (Å²) in [4.78, 5) is 15.1. The Morgan fingerprint density at radius 3 is 2.25 bits per heavy atom. The van der Waals surface area contributed by atoms with Crippen LogP contribution in [0.3, 0.4) is 0 Å². The minimum Gasteiger partial charge on any atom is -0.390 e. The van der Waals surface area contributed by atoms with Crippen molar-refractivity contribution in [3.8, 4) is 11.1 Å². The van der Waals surface area contributed by atoms with E-state index < -0.39 is 5.60 Å². The van der Waals surface area contributed by atoms with Gasteiger partial charge in [0.25, 0.3) is 0 Å². The zero-order valence-corrected chi connectivity index (χ0v) is 18.1. The van der Waals surface area contributed by atoms with Gasteiger partial charge in [-0.05, 0) is 53.5 Å². The van der Waals surface area contributed by atoms with Crippen molar-refractivity contribution >= 4 is 5.78 Å². The molecule has 1 saturated carbocycles. The fourth-order valence-electron chi connectivity index (χ4n) is 5.62. The summed E-state index contributed by atoms with van der Waals surface area (Å²) in [5, 5.41) is 11.1. The molecule has 1 heterocycles. The molecular formula is C28H28FNO2. The smallest absolute Gasteiger partial charge is 0.176 e. The first-order valence-electron chi connectivity index (χ1n) is 11.4. The number of aliphatic hydroxyl groups is 1. The molecule has 32 heavy (non-hydrogen) atoms.